The third kappa shape index (κ3) is 2.61. The molecule has 22 heavy (non-hydrogen) atoms. The van der Waals surface area contributed by atoms with E-state index in [0.29, 0.717) is 42.6 Å². The summed E-state index contributed by atoms with van der Waals surface area (Å²) in [5.74, 6) is -0.662. The Hall–Kier alpha value is -2.57. The highest BCUT2D eigenvalue weighted by atomic mass is 16.5. The fourth-order valence-corrected chi connectivity index (χ4v) is 2.79. The van der Waals surface area contributed by atoms with E-state index in [0.717, 1.165) is 0 Å². The van der Waals surface area contributed by atoms with E-state index in [9.17, 15) is 14.4 Å². The number of hydrogen-bond acceptors (Lipinski definition) is 5. The lowest BCUT2D eigenvalue weighted by molar-refractivity contribution is 0.0793. The zero-order valence-corrected chi connectivity index (χ0v) is 12.1. The molecule has 1 aliphatic heterocycles. The number of carbonyl (C=O) groups excluding carboxylic acids is 2. The van der Waals surface area contributed by atoms with Crippen LogP contribution in [-0.2, 0) is 4.74 Å². The van der Waals surface area contributed by atoms with Crippen molar-refractivity contribution < 1.29 is 18.7 Å². The van der Waals surface area contributed by atoms with Crippen molar-refractivity contribution in [2.45, 2.75) is 12.8 Å². The quantitative estimate of drug-likeness (QED) is 0.854. The molecule has 1 saturated heterocycles. The monoisotopic (exact) mass is 304 g/mol. The third-order valence-electron chi connectivity index (χ3n) is 4.00. The van der Waals surface area contributed by atoms with Crippen LogP contribution in [0.5, 0.6) is 0 Å². The van der Waals surface area contributed by atoms with E-state index in [2.05, 4.69) is 9.72 Å². The zero-order valence-electron chi connectivity index (χ0n) is 12.1. The topological polar surface area (TPSA) is 92.6 Å². The highest BCUT2D eigenvalue weighted by Crippen LogP contribution is 2.23. The van der Waals surface area contributed by atoms with Crippen LogP contribution in [0.2, 0.25) is 0 Å². The number of fused-ring (bicyclic) bond motifs is 1. The molecule has 3 rings (SSSR count). The summed E-state index contributed by atoms with van der Waals surface area (Å²) in [7, 11) is 1.35. The number of nitrogens with one attached hydrogen (secondary N) is 1. The van der Waals surface area contributed by atoms with Crippen LogP contribution < -0.4 is 5.76 Å². The first-order chi connectivity index (χ1) is 10.6. The van der Waals surface area contributed by atoms with Crippen LogP contribution in [0.15, 0.2) is 27.4 Å². The smallest absolute Gasteiger partial charge is 0.417 e. The Morgan fingerprint density at radius 1 is 1.32 bits per heavy atom. The fourth-order valence-electron chi connectivity index (χ4n) is 2.79. The largest absolute Gasteiger partial charge is 0.453 e. The summed E-state index contributed by atoms with van der Waals surface area (Å²) >= 11 is 0. The third-order valence-corrected chi connectivity index (χ3v) is 4.00. The Morgan fingerprint density at radius 3 is 2.73 bits per heavy atom. The Bertz CT molecular complexity index is 768. The van der Waals surface area contributed by atoms with Gasteiger partial charge < -0.3 is 14.1 Å². The minimum Gasteiger partial charge on any atom is -0.453 e. The molecule has 1 amide bonds. The molecule has 2 heterocycles. The highest BCUT2D eigenvalue weighted by Gasteiger charge is 2.28. The molecule has 0 radical (unpaired) electrons. The lowest BCUT2D eigenvalue weighted by atomic mass is 9.89. The van der Waals surface area contributed by atoms with E-state index < -0.39 is 5.76 Å². The number of rotatable bonds is 2. The first kappa shape index (κ1) is 14.4. The average molecular weight is 304 g/mol. The van der Waals surface area contributed by atoms with Crippen molar-refractivity contribution in [3.05, 3.63) is 34.3 Å². The predicted octanol–water partition coefficient (Wildman–Crippen LogP) is 1.78. The molecule has 0 atom stereocenters. The van der Waals surface area contributed by atoms with Gasteiger partial charge in [0, 0.05) is 24.6 Å². The van der Waals surface area contributed by atoms with Gasteiger partial charge in [0.15, 0.2) is 11.4 Å². The summed E-state index contributed by atoms with van der Waals surface area (Å²) < 4.78 is 9.65. The van der Waals surface area contributed by atoms with Crippen LogP contribution in [0.25, 0.3) is 11.1 Å². The second-order valence-corrected chi connectivity index (χ2v) is 5.32. The number of hydrogen-bond donors (Lipinski definition) is 1. The van der Waals surface area contributed by atoms with Gasteiger partial charge in [-0.15, -0.1) is 0 Å². The molecule has 7 heteroatoms. The number of likely N-dealkylation sites (tertiary alicyclic amines) is 1. The van der Waals surface area contributed by atoms with E-state index in [4.69, 9.17) is 4.42 Å². The molecule has 1 N–H and O–H groups in total. The molecular weight excluding hydrogens is 288 g/mol. The lowest BCUT2D eigenvalue weighted by Crippen LogP contribution is -2.40. The van der Waals surface area contributed by atoms with Gasteiger partial charge in [-0.25, -0.2) is 9.59 Å². The number of oxazole rings is 1. The molecule has 1 aromatic carbocycles. The number of amides is 1. The van der Waals surface area contributed by atoms with Gasteiger partial charge in [-0.1, -0.05) is 0 Å². The summed E-state index contributed by atoms with van der Waals surface area (Å²) in [5.41, 5.74) is 1.47. The molecule has 1 aliphatic rings. The minimum atomic E-state index is -0.536. The number of nitrogens with zero attached hydrogens (tertiary/aromatic N) is 1. The van der Waals surface area contributed by atoms with Crippen LogP contribution in [0.1, 0.15) is 23.2 Å². The summed E-state index contributed by atoms with van der Waals surface area (Å²) in [5, 5.41) is 0. The van der Waals surface area contributed by atoms with E-state index >= 15 is 0 Å². The van der Waals surface area contributed by atoms with Gasteiger partial charge in [-0.05, 0) is 31.0 Å². The number of piperidine rings is 1. The van der Waals surface area contributed by atoms with Gasteiger partial charge in [0.05, 0.1) is 12.6 Å². The number of ketones is 1. The van der Waals surface area contributed by atoms with Crippen LogP contribution in [0.3, 0.4) is 0 Å². The van der Waals surface area contributed by atoms with E-state index in [-0.39, 0.29) is 17.8 Å². The number of H-pyrrole nitrogens is 1. The zero-order chi connectivity index (χ0) is 15.7. The molecular formula is C15H16N2O5. The summed E-state index contributed by atoms with van der Waals surface area (Å²) in [6.07, 6.45) is 0.841. The minimum absolute atomic E-state index is 0.00950. The second-order valence-electron chi connectivity index (χ2n) is 5.32. The number of aromatic nitrogens is 1. The van der Waals surface area contributed by atoms with Gasteiger partial charge in [0.25, 0.3) is 0 Å². The summed E-state index contributed by atoms with van der Waals surface area (Å²) in [6, 6.07) is 4.93. The van der Waals surface area contributed by atoms with Crippen LogP contribution >= 0.6 is 0 Å². The molecule has 116 valence electrons. The van der Waals surface area contributed by atoms with Crippen LogP contribution in [0, 0.1) is 5.92 Å². The maximum atomic E-state index is 12.5. The number of benzene rings is 1. The van der Waals surface area contributed by atoms with E-state index in [1.165, 1.54) is 7.11 Å². The molecule has 0 saturated carbocycles. The predicted molar refractivity (Wildman–Crippen MR) is 77.9 cm³/mol. The average Bonchev–Trinajstić information content (AvgIpc) is 2.92. The maximum Gasteiger partial charge on any atom is 0.417 e. The van der Waals surface area contributed by atoms with Gasteiger partial charge in [-0.3, -0.25) is 9.78 Å². The molecule has 0 bridgehead atoms. The lowest BCUT2D eigenvalue weighted by Gasteiger charge is -2.30. The maximum absolute atomic E-state index is 12.5. The van der Waals surface area contributed by atoms with Gasteiger partial charge in [0.2, 0.25) is 0 Å². The Labute approximate surface area is 125 Å². The molecule has 7 nitrogen and oxygen atoms in total. The number of methoxy groups -OCH3 is 1. The number of ether oxygens (including phenoxy) is 1. The van der Waals surface area contributed by atoms with Crippen molar-refractivity contribution in [1.29, 1.82) is 0 Å². The number of carbonyl (C=O) groups is 2. The van der Waals surface area contributed by atoms with Crippen LogP contribution in [0.4, 0.5) is 4.79 Å². The molecule has 1 fully saturated rings. The second kappa shape index (κ2) is 5.67. The van der Waals surface area contributed by atoms with Gasteiger partial charge in [0.1, 0.15) is 0 Å². The molecule has 0 aliphatic carbocycles. The van der Waals surface area contributed by atoms with Crippen molar-refractivity contribution in [3.63, 3.8) is 0 Å². The fraction of sp³-hybridized carbons (Fsp3) is 0.400. The standard InChI is InChI=1S/C15H16N2O5/c1-21-15(20)17-6-4-9(5-7-17)13(18)10-2-3-11-12(8-10)22-14(19)16-11/h2-3,8-9H,4-7H2,1H3,(H,16,19). The SMILES string of the molecule is COC(=O)N1CCC(C(=O)c2ccc3[nH]c(=O)oc3c2)CC1. The van der Waals surface area contributed by atoms with Crippen LogP contribution in [-0.4, -0.2) is 42.0 Å². The van der Waals surface area contributed by atoms with E-state index in [1.54, 1.807) is 23.1 Å². The normalized spacial score (nSPS) is 16.0. The number of Topliss-reactive ketones (excluding diaryl/α,β-unsaturated/α-hetero) is 1. The van der Waals surface area contributed by atoms with E-state index in [1.807, 2.05) is 0 Å². The summed E-state index contributed by atoms with van der Waals surface area (Å²) in [6.45, 7) is 1.01. The summed E-state index contributed by atoms with van der Waals surface area (Å²) in [4.78, 5) is 39.2. The Kier molecular flexibility index (Phi) is 3.70. The van der Waals surface area contributed by atoms with Crippen molar-refractivity contribution in [2.24, 2.45) is 5.92 Å². The first-order valence-electron chi connectivity index (χ1n) is 7.08. The molecule has 0 spiro atoms. The molecule has 2 aromatic rings. The highest BCUT2D eigenvalue weighted by molar-refractivity contribution is 6.00. The van der Waals surface area contributed by atoms with Crippen molar-refractivity contribution >= 4 is 23.0 Å². The number of aromatic amines is 1. The first-order valence-corrected chi connectivity index (χ1v) is 7.08. The van der Waals surface area contributed by atoms with Gasteiger partial charge >= 0.3 is 11.8 Å². The van der Waals surface area contributed by atoms with Crippen molar-refractivity contribution in [2.75, 3.05) is 20.2 Å². The molecule has 1 aromatic heterocycles. The molecule has 0 unspecified atom stereocenters. The Balaban J connectivity index is 1.73. The van der Waals surface area contributed by atoms with Crippen molar-refractivity contribution in [3.8, 4) is 0 Å². The van der Waals surface area contributed by atoms with Crippen molar-refractivity contribution in [1.82, 2.24) is 9.88 Å². The Morgan fingerprint density at radius 2 is 2.05 bits per heavy atom. The van der Waals surface area contributed by atoms with Gasteiger partial charge in [-0.2, -0.15) is 0 Å².